The minimum absolute atomic E-state index is 0.166. The Labute approximate surface area is 152 Å². The van der Waals surface area contributed by atoms with Crippen LogP contribution in [0.1, 0.15) is 23.1 Å². The number of halogens is 2. The van der Waals surface area contributed by atoms with Gasteiger partial charge in [-0.25, -0.2) is 9.78 Å². The summed E-state index contributed by atoms with van der Waals surface area (Å²) < 4.78 is 32.0. The van der Waals surface area contributed by atoms with Crippen molar-refractivity contribution in [3.8, 4) is 16.3 Å². The first-order valence-corrected chi connectivity index (χ1v) is 8.99. The normalized spacial score (nSPS) is 13.8. The Morgan fingerprint density at radius 1 is 1.23 bits per heavy atom. The molecule has 1 N–H and O–H groups in total. The predicted molar refractivity (Wildman–Crippen MR) is 95.0 cm³/mol. The fourth-order valence-electron chi connectivity index (χ4n) is 3.20. The highest BCUT2D eigenvalue weighted by molar-refractivity contribution is 7.21. The van der Waals surface area contributed by atoms with Crippen molar-refractivity contribution in [1.82, 2.24) is 4.98 Å². The first-order chi connectivity index (χ1) is 12.3. The summed E-state index contributed by atoms with van der Waals surface area (Å²) in [7, 11) is 0. The summed E-state index contributed by atoms with van der Waals surface area (Å²) >= 11 is 1.55. The SMILES string of the molecule is Cc1cc(-c2nc3cc4c(cc3s2)CCC4)ccc1OC(F)(F)C(=O)O. The number of alkyl halides is 2. The summed E-state index contributed by atoms with van der Waals surface area (Å²) in [6.07, 6.45) is -0.897. The molecule has 7 heteroatoms. The number of carboxylic acids is 1. The average Bonchev–Trinajstić information content (AvgIpc) is 3.19. The largest absolute Gasteiger partial charge is 0.501 e. The lowest BCUT2D eigenvalue weighted by molar-refractivity contribution is -0.211. The van der Waals surface area contributed by atoms with Gasteiger partial charge in [-0.1, -0.05) is 0 Å². The number of rotatable bonds is 4. The number of aliphatic carboxylic acids is 1. The first kappa shape index (κ1) is 16.9. The highest BCUT2D eigenvalue weighted by atomic mass is 32.1. The van der Waals surface area contributed by atoms with Gasteiger partial charge in [0.25, 0.3) is 0 Å². The summed E-state index contributed by atoms with van der Waals surface area (Å²) in [4.78, 5) is 15.2. The third kappa shape index (κ3) is 2.92. The summed E-state index contributed by atoms with van der Waals surface area (Å²) in [6, 6.07) is 8.98. The molecular weight excluding hydrogens is 360 g/mol. The van der Waals surface area contributed by atoms with Gasteiger partial charge in [0, 0.05) is 5.56 Å². The van der Waals surface area contributed by atoms with Crippen LogP contribution in [0.5, 0.6) is 5.75 Å². The lowest BCUT2D eigenvalue weighted by atomic mass is 10.1. The second kappa shape index (κ2) is 6.02. The molecule has 2 aromatic carbocycles. The van der Waals surface area contributed by atoms with E-state index in [2.05, 4.69) is 21.9 Å². The van der Waals surface area contributed by atoms with Crippen molar-refractivity contribution in [2.45, 2.75) is 32.3 Å². The van der Waals surface area contributed by atoms with Crippen molar-refractivity contribution in [2.24, 2.45) is 0 Å². The monoisotopic (exact) mass is 375 g/mol. The third-order valence-corrected chi connectivity index (χ3v) is 5.58. The Kier molecular flexibility index (Phi) is 3.91. The van der Waals surface area contributed by atoms with Crippen LogP contribution in [0, 0.1) is 6.92 Å². The average molecular weight is 375 g/mol. The van der Waals surface area contributed by atoms with Crippen molar-refractivity contribution in [3.05, 3.63) is 47.0 Å². The molecule has 0 radical (unpaired) electrons. The molecule has 134 valence electrons. The molecular formula is C19H15F2NO3S. The summed E-state index contributed by atoms with van der Waals surface area (Å²) in [6.45, 7) is 1.60. The molecule has 1 aromatic heterocycles. The van der Waals surface area contributed by atoms with Crippen LogP contribution in [0.15, 0.2) is 30.3 Å². The van der Waals surface area contributed by atoms with Crippen LogP contribution in [-0.2, 0) is 17.6 Å². The maximum atomic E-state index is 13.3. The maximum Gasteiger partial charge on any atom is 0.501 e. The number of carbonyl (C=O) groups is 1. The zero-order valence-corrected chi connectivity index (χ0v) is 14.7. The molecule has 0 amide bonds. The molecule has 0 fully saturated rings. The Morgan fingerprint density at radius 2 is 1.96 bits per heavy atom. The number of ether oxygens (including phenoxy) is 1. The van der Waals surface area contributed by atoms with Gasteiger partial charge in [0.15, 0.2) is 0 Å². The Hall–Kier alpha value is -2.54. The van der Waals surface area contributed by atoms with Crippen molar-refractivity contribution in [3.63, 3.8) is 0 Å². The van der Waals surface area contributed by atoms with Gasteiger partial charge in [0.05, 0.1) is 10.2 Å². The zero-order chi connectivity index (χ0) is 18.5. The molecule has 1 heterocycles. The Morgan fingerprint density at radius 3 is 2.65 bits per heavy atom. The smallest absolute Gasteiger partial charge is 0.474 e. The number of hydrogen-bond acceptors (Lipinski definition) is 4. The van der Waals surface area contributed by atoms with Crippen molar-refractivity contribution >= 4 is 27.5 Å². The summed E-state index contributed by atoms with van der Waals surface area (Å²) in [5.74, 6) is -2.48. The van der Waals surface area contributed by atoms with Gasteiger partial charge in [-0.05, 0) is 73.2 Å². The number of aryl methyl sites for hydroxylation is 3. The molecule has 4 nitrogen and oxygen atoms in total. The number of aromatic nitrogens is 1. The van der Waals surface area contributed by atoms with Crippen LogP contribution < -0.4 is 4.74 Å². The van der Waals surface area contributed by atoms with E-state index in [4.69, 9.17) is 5.11 Å². The Bertz CT molecular complexity index is 988. The van der Waals surface area contributed by atoms with E-state index in [1.54, 1.807) is 30.4 Å². The van der Waals surface area contributed by atoms with Gasteiger partial charge in [-0.15, -0.1) is 11.3 Å². The third-order valence-electron chi connectivity index (χ3n) is 4.51. The summed E-state index contributed by atoms with van der Waals surface area (Å²) in [5.41, 5.74) is 4.88. The van der Waals surface area contributed by atoms with Gasteiger partial charge in [-0.2, -0.15) is 8.78 Å². The molecule has 0 spiro atoms. The molecule has 0 aliphatic heterocycles. The van der Waals surface area contributed by atoms with Gasteiger partial charge < -0.3 is 9.84 Å². The van der Waals surface area contributed by atoms with Crippen LogP contribution in [-0.4, -0.2) is 22.2 Å². The number of fused-ring (bicyclic) bond motifs is 2. The number of hydrogen-bond donors (Lipinski definition) is 1. The quantitative estimate of drug-likeness (QED) is 0.710. The van der Waals surface area contributed by atoms with Crippen LogP contribution in [0.4, 0.5) is 8.78 Å². The van der Waals surface area contributed by atoms with Crippen LogP contribution in [0.2, 0.25) is 0 Å². The van der Waals surface area contributed by atoms with Gasteiger partial charge >= 0.3 is 12.1 Å². The number of nitrogens with zero attached hydrogens (tertiary/aromatic N) is 1. The minimum Gasteiger partial charge on any atom is -0.474 e. The van der Waals surface area contributed by atoms with Gasteiger partial charge in [0.2, 0.25) is 0 Å². The Balaban J connectivity index is 1.67. The van der Waals surface area contributed by atoms with Crippen LogP contribution in [0.3, 0.4) is 0 Å². The van der Waals surface area contributed by atoms with E-state index >= 15 is 0 Å². The van der Waals surface area contributed by atoms with E-state index in [1.165, 1.54) is 23.6 Å². The molecule has 1 aliphatic rings. The summed E-state index contributed by atoms with van der Waals surface area (Å²) in [5, 5.41) is 9.29. The standard InChI is InChI=1S/C19H15F2NO3S/c1-10-7-13(5-6-15(10)25-19(20,21)18(23)24)17-22-14-8-11-3-2-4-12(11)9-16(14)26-17/h5-9H,2-4H2,1H3,(H,23,24). The van der Waals surface area contributed by atoms with E-state index in [1.807, 2.05) is 0 Å². The molecule has 26 heavy (non-hydrogen) atoms. The fraction of sp³-hybridized carbons (Fsp3) is 0.263. The van der Waals surface area contributed by atoms with E-state index < -0.39 is 12.1 Å². The fourth-order valence-corrected chi connectivity index (χ4v) is 4.20. The lowest BCUT2D eigenvalue weighted by Crippen LogP contribution is -2.35. The molecule has 0 saturated heterocycles. The van der Waals surface area contributed by atoms with Gasteiger partial charge in [-0.3, -0.25) is 0 Å². The molecule has 1 aliphatic carbocycles. The topological polar surface area (TPSA) is 59.4 Å². The second-order valence-corrected chi connectivity index (χ2v) is 7.40. The van der Waals surface area contributed by atoms with Crippen molar-refractivity contribution in [1.29, 1.82) is 0 Å². The minimum atomic E-state index is -4.26. The number of thiazole rings is 1. The zero-order valence-electron chi connectivity index (χ0n) is 13.9. The van der Waals surface area contributed by atoms with Crippen molar-refractivity contribution < 1.29 is 23.4 Å². The molecule has 0 atom stereocenters. The van der Waals surface area contributed by atoms with E-state index in [9.17, 15) is 13.6 Å². The van der Waals surface area contributed by atoms with E-state index in [-0.39, 0.29) is 5.75 Å². The molecule has 0 unspecified atom stereocenters. The van der Waals surface area contributed by atoms with Gasteiger partial charge in [0.1, 0.15) is 10.8 Å². The molecule has 4 rings (SSSR count). The van der Waals surface area contributed by atoms with E-state index in [0.29, 0.717) is 5.56 Å². The lowest BCUT2D eigenvalue weighted by Gasteiger charge is -2.15. The molecule has 0 bridgehead atoms. The highest BCUT2D eigenvalue weighted by Crippen LogP contribution is 2.36. The van der Waals surface area contributed by atoms with Crippen LogP contribution >= 0.6 is 11.3 Å². The van der Waals surface area contributed by atoms with Crippen molar-refractivity contribution in [2.75, 3.05) is 0 Å². The maximum absolute atomic E-state index is 13.3. The number of carboxylic acid groups (broad SMARTS) is 1. The van der Waals surface area contributed by atoms with E-state index in [0.717, 1.165) is 33.6 Å². The predicted octanol–water partition coefficient (Wildman–Crippen LogP) is 4.82. The van der Waals surface area contributed by atoms with Crippen LogP contribution in [0.25, 0.3) is 20.8 Å². The second-order valence-electron chi connectivity index (χ2n) is 6.37. The molecule has 3 aromatic rings. The first-order valence-electron chi connectivity index (χ1n) is 8.17. The number of benzene rings is 2. The highest BCUT2D eigenvalue weighted by Gasteiger charge is 2.42. The molecule has 0 saturated carbocycles.